The van der Waals surface area contributed by atoms with Gasteiger partial charge in [0.15, 0.2) is 9.84 Å². The van der Waals surface area contributed by atoms with Crippen molar-refractivity contribution in [3.8, 4) is 0 Å². The smallest absolute Gasteiger partial charge is 0.235 e. The van der Waals surface area contributed by atoms with Crippen molar-refractivity contribution < 1.29 is 13.2 Å². The first kappa shape index (κ1) is 14.2. The number of hydrogen-bond donors (Lipinski definition) is 2. The first-order valence-electron chi connectivity index (χ1n) is 4.47. The highest BCUT2D eigenvalue weighted by Crippen LogP contribution is 2.25. The molecule has 4 N–H and O–H groups in total. The number of halogens is 2. The minimum Gasteiger partial charge on any atom is -0.368 e. The number of rotatable bonds is 4. The van der Waals surface area contributed by atoms with E-state index in [9.17, 15) is 13.2 Å². The van der Waals surface area contributed by atoms with Crippen molar-refractivity contribution in [3.63, 3.8) is 0 Å². The number of carbonyl (C=O) groups is 1. The molecule has 1 aromatic carbocycles. The van der Waals surface area contributed by atoms with Crippen LogP contribution in [0.15, 0.2) is 23.1 Å². The van der Waals surface area contributed by atoms with Gasteiger partial charge in [-0.2, -0.15) is 0 Å². The molecule has 0 aliphatic carbocycles. The third kappa shape index (κ3) is 3.57. The lowest BCUT2D eigenvalue weighted by Crippen LogP contribution is -2.41. The quantitative estimate of drug-likeness (QED) is 0.848. The molecule has 8 heteroatoms. The minimum atomic E-state index is -3.71. The van der Waals surface area contributed by atoms with Crippen LogP contribution in [0.2, 0.25) is 10.0 Å². The summed E-state index contributed by atoms with van der Waals surface area (Å²) in [6.45, 7) is 0. The normalized spacial score (nSPS) is 13.4. The molecule has 94 valence electrons. The van der Waals surface area contributed by atoms with E-state index in [4.69, 9.17) is 34.7 Å². The summed E-state index contributed by atoms with van der Waals surface area (Å²) in [5.74, 6) is -1.45. The first-order valence-corrected chi connectivity index (χ1v) is 6.87. The average Bonchev–Trinajstić information content (AvgIpc) is 2.21. The number of benzene rings is 1. The fourth-order valence-corrected chi connectivity index (χ4v) is 2.85. The largest absolute Gasteiger partial charge is 0.368 e. The number of sulfone groups is 1. The number of nitrogens with two attached hydrogens (primary N) is 2. The maximum atomic E-state index is 11.8. The van der Waals surface area contributed by atoms with Gasteiger partial charge >= 0.3 is 0 Å². The molecule has 0 saturated carbocycles. The van der Waals surface area contributed by atoms with Gasteiger partial charge in [-0.15, -0.1) is 0 Å². The topological polar surface area (TPSA) is 103 Å². The second kappa shape index (κ2) is 5.22. The molecule has 0 saturated heterocycles. The fourth-order valence-electron chi connectivity index (χ4n) is 1.09. The number of primary amides is 1. The zero-order valence-electron chi connectivity index (χ0n) is 8.56. The Kier molecular flexibility index (Phi) is 4.37. The lowest BCUT2D eigenvalue weighted by molar-refractivity contribution is -0.118. The van der Waals surface area contributed by atoms with Gasteiger partial charge in [-0.3, -0.25) is 4.79 Å². The van der Waals surface area contributed by atoms with Crippen molar-refractivity contribution in [1.29, 1.82) is 0 Å². The summed E-state index contributed by atoms with van der Waals surface area (Å²) in [4.78, 5) is 10.7. The zero-order valence-corrected chi connectivity index (χ0v) is 10.9. The van der Waals surface area contributed by atoms with Crippen LogP contribution in [0.1, 0.15) is 0 Å². The summed E-state index contributed by atoms with van der Waals surface area (Å²) in [6, 6.07) is 2.59. The Morgan fingerprint density at radius 2 is 1.88 bits per heavy atom. The van der Waals surface area contributed by atoms with Gasteiger partial charge in [0.1, 0.15) is 0 Å². The van der Waals surface area contributed by atoms with E-state index in [1.807, 2.05) is 0 Å². The maximum absolute atomic E-state index is 11.8. The second-order valence-electron chi connectivity index (χ2n) is 3.37. The van der Waals surface area contributed by atoms with Crippen molar-refractivity contribution in [2.24, 2.45) is 11.5 Å². The van der Waals surface area contributed by atoms with Crippen LogP contribution in [0.5, 0.6) is 0 Å². The van der Waals surface area contributed by atoms with Crippen molar-refractivity contribution in [2.75, 3.05) is 5.75 Å². The molecule has 1 atom stereocenters. The van der Waals surface area contributed by atoms with Gasteiger partial charge in [0, 0.05) is 0 Å². The predicted octanol–water partition coefficient (Wildman–Crippen LogP) is 0.580. The van der Waals surface area contributed by atoms with Crippen LogP contribution in [0.3, 0.4) is 0 Å². The monoisotopic (exact) mass is 296 g/mol. The molecule has 0 aliphatic heterocycles. The van der Waals surface area contributed by atoms with Gasteiger partial charge in [-0.25, -0.2) is 8.42 Å². The maximum Gasteiger partial charge on any atom is 0.235 e. The first-order chi connectivity index (χ1) is 7.74. The molecule has 0 aliphatic rings. The van der Waals surface area contributed by atoms with Crippen LogP contribution in [0, 0.1) is 0 Å². The van der Waals surface area contributed by atoms with E-state index in [0.29, 0.717) is 0 Å². The summed E-state index contributed by atoms with van der Waals surface area (Å²) < 4.78 is 23.6. The van der Waals surface area contributed by atoms with Gasteiger partial charge in [0.25, 0.3) is 0 Å². The molecule has 17 heavy (non-hydrogen) atoms. The van der Waals surface area contributed by atoms with Gasteiger partial charge in [-0.05, 0) is 18.2 Å². The van der Waals surface area contributed by atoms with Gasteiger partial charge in [0.2, 0.25) is 5.91 Å². The highest BCUT2D eigenvalue weighted by atomic mass is 35.5. The van der Waals surface area contributed by atoms with E-state index in [1.165, 1.54) is 18.2 Å². The van der Waals surface area contributed by atoms with Crippen LogP contribution in [-0.2, 0) is 14.6 Å². The van der Waals surface area contributed by atoms with Gasteiger partial charge < -0.3 is 11.5 Å². The highest BCUT2D eigenvalue weighted by Gasteiger charge is 2.22. The Balaban J connectivity index is 3.05. The van der Waals surface area contributed by atoms with Crippen molar-refractivity contribution in [1.82, 2.24) is 0 Å². The standard InChI is InChI=1S/C9H10Cl2N2O3S/c10-6-2-1-5(3-7(6)11)17(15,16)4-8(12)9(13)14/h1-3,8H,4,12H2,(H2,13,14). The minimum absolute atomic E-state index is 0.0522. The van der Waals surface area contributed by atoms with Crippen LogP contribution in [-0.4, -0.2) is 26.1 Å². The van der Waals surface area contributed by atoms with Crippen molar-refractivity contribution in [2.45, 2.75) is 10.9 Å². The fraction of sp³-hybridized carbons (Fsp3) is 0.222. The van der Waals surface area contributed by atoms with Gasteiger partial charge in [0.05, 0.1) is 26.7 Å². The summed E-state index contributed by atoms with van der Waals surface area (Å²) >= 11 is 11.4. The molecule has 0 fully saturated rings. The SMILES string of the molecule is NC(=O)C(N)CS(=O)(=O)c1ccc(Cl)c(Cl)c1. The van der Waals surface area contributed by atoms with E-state index in [0.717, 1.165) is 0 Å². The van der Waals surface area contributed by atoms with Gasteiger partial charge in [-0.1, -0.05) is 23.2 Å². The molecular weight excluding hydrogens is 287 g/mol. The lowest BCUT2D eigenvalue weighted by Gasteiger charge is -2.09. The molecule has 1 aromatic rings. The van der Waals surface area contributed by atoms with Crippen LogP contribution >= 0.6 is 23.2 Å². The van der Waals surface area contributed by atoms with E-state index in [-0.39, 0.29) is 14.9 Å². The number of hydrogen-bond acceptors (Lipinski definition) is 4. The van der Waals surface area contributed by atoms with E-state index < -0.39 is 27.5 Å². The molecule has 0 radical (unpaired) electrons. The molecule has 0 spiro atoms. The van der Waals surface area contributed by atoms with E-state index in [2.05, 4.69) is 0 Å². The van der Waals surface area contributed by atoms with Crippen LogP contribution in [0.25, 0.3) is 0 Å². The summed E-state index contributed by atoms with van der Waals surface area (Å²) in [7, 11) is -3.71. The number of amides is 1. The zero-order chi connectivity index (χ0) is 13.2. The molecule has 0 aromatic heterocycles. The average molecular weight is 297 g/mol. The predicted molar refractivity (Wildman–Crippen MR) is 65.7 cm³/mol. The molecule has 0 bridgehead atoms. The second-order valence-corrected chi connectivity index (χ2v) is 6.21. The molecule has 5 nitrogen and oxygen atoms in total. The Morgan fingerprint density at radius 3 is 2.35 bits per heavy atom. The molecule has 1 amide bonds. The van der Waals surface area contributed by atoms with Crippen LogP contribution < -0.4 is 11.5 Å². The van der Waals surface area contributed by atoms with Crippen molar-refractivity contribution >= 4 is 38.9 Å². The molecule has 0 heterocycles. The molecular formula is C9H10Cl2N2O3S. The highest BCUT2D eigenvalue weighted by molar-refractivity contribution is 7.91. The van der Waals surface area contributed by atoms with Crippen molar-refractivity contribution in [3.05, 3.63) is 28.2 Å². The Bertz CT molecular complexity index is 545. The Labute approximate surface area is 109 Å². The molecule has 1 unspecified atom stereocenters. The Hall–Kier alpha value is -0.820. The summed E-state index contributed by atoms with van der Waals surface area (Å²) in [5.41, 5.74) is 10.2. The summed E-state index contributed by atoms with van der Waals surface area (Å²) in [6.07, 6.45) is 0. The third-order valence-electron chi connectivity index (χ3n) is 2.01. The number of carbonyl (C=O) groups excluding carboxylic acids is 1. The Morgan fingerprint density at radius 1 is 1.29 bits per heavy atom. The van der Waals surface area contributed by atoms with E-state index >= 15 is 0 Å². The third-order valence-corrected chi connectivity index (χ3v) is 4.52. The summed E-state index contributed by atoms with van der Waals surface area (Å²) in [5, 5.41) is 0.352. The molecule has 1 rings (SSSR count). The van der Waals surface area contributed by atoms with E-state index in [1.54, 1.807) is 0 Å². The van der Waals surface area contributed by atoms with Crippen LogP contribution in [0.4, 0.5) is 0 Å². The lowest BCUT2D eigenvalue weighted by atomic mass is 10.3.